The number of hydrogen-bond acceptors (Lipinski definition) is 3. The number of carbonyl (C=O) groups excluding carboxylic acids is 3. The van der Waals surface area contributed by atoms with Gasteiger partial charge in [-0.25, -0.2) is 0 Å². The number of anilines is 2. The van der Waals surface area contributed by atoms with E-state index in [2.05, 4.69) is 5.32 Å². The highest BCUT2D eigenvalue weighted by Crippen LogP contribution is 2.31. The quantitative estimate of drug-likeness (QED) is 0.708. The van der Waals surface area contributed by atoms with Gasteiger partial charge in [0.05, 0.1) is 21.7 Å². The number of benzene rings is 2. The van der Waals surface area contributed by atoms with Crippen LogP contribution in [0.15, 0.2) is 42.5 Å². The van der Waals surface area contributed by atoms with Gasteiger partial charge < -0.3 is 15.1 Å². The SMILES string of the molecule is Cc1ccc(N2CC(C(=O)N3CCC(C(=O)Nc4cccc(Cl)c4Cl)CC3)CC2=O)cc1. The number of rotatable bonds is 4. The van der Waals surface area contributed by atoms with Crippen LogP contribution in [0.3, 0.4) is 0 Å². The molecule has 2 aromatic carbocycles. The summed E-state index contributed by atoms with van der Waals surface area (Å²) in [6, 6.07) is 12.9. The van der Waals surface area contributed by atoms with Crippen molar-refractivity contribution in [3.63, 3.8) is 0 Å². The smallest absolute Gasteiger partial charge is 0.228 e. The Bertz CT molecular complexity index is 1030. The highest BCUT2D eigenvalue weighted by Gasteiger charge is 2.38. The molecule has 168 valence electrons. The van der Waals surface area contributed by atoms with Crippen LogP contribution in [-0.2, 0) is 14.4 Å². The monoisotopic (exact) mass is 473 g/mol. The minimum atomic E-state index is -0.348. The molecule has 0 radical (unpaired) electrons. The molecule has 32 heavy (non-hydrogen) atoms. The van der Waals surface area contributed by atoms with E-state index < -0.39 is 0 Å². The number of carbonyl (C=O) groups is 3. The molecule has 0 saturated carbocycles. The summed E-state index contributed by atoms with van der Waals surface area (Å²) in [7, 11) is 0. The van der Waals surface area contributed by atoms with E-state index in [4.69, 9.17) is 23.2 Å². The van der Waals surface area contributed by atoms with Crippen molar-refractivity contribution >= 4 is 52.3 Å². The molecule has 2 heterocycles. The highest BCUT2D eigenvalue weighted by molar-refractivity contribution is 6.44. The van der Waals surface area contributed by atoms with Crippen molar-refractivity contribution in [2.45, 2.75) is 26.2 Å². The molecule has 2 aromatic rings. The third-order valence-electron chi connectivity index (χ3n) is 6.21. The number of aryl methyl sites for hydroxylation is 1. The van der Waals surface area contributed by atoms with Gasteiger partial charge >= 0.3 is 0 Å². The summed E-state index contributed by atoms with van der Waals surface area (Å²) in [5.41, 5.74) is 2.44. The van der Waals surface area contributed by atoms with Crippen molar-refractivity contribution < 1.29 is 14.4 Å². The van der Waals surface area contributed by atoms with Gasteiger partial charge in [0.2, 0.25) is 17.7 Å². The molecule has 0 aromatic heterocycles. The number of likely N-dealkylation sites (tertiary alicyclic amines) is 1. The summed E-state index contributed by atoms with van der Waals surface area (Å²) >= 11 is 12.2. The Labute approximate surface area is 197 Å². The van der Waals surface area contributed by atoms with Crippen LogP contribution in [0.2, 0.25) is 10.0 Å². The lowest BCUT2D eigenvalue weighted by Crippen LogP contribution is -2.44. The molecule has 1 unspecified atom stereocenters. The molecule has 2 saturated heterocycles. The zero-order valence-electron chi connectivity index (χ0n) is 17.8. The van der Waals surface area contributed by atoms with Crippen molar-refractivity contribution in [3.8, 4) is 0 Å². The van der Waals surface area contributed by atoms with Gasteiger partial charge in [0.15, 0.2) is 0 Å². The summed E-state index contributed by atoms with van der Waals surface area (Å²) in [5, 5.41) is 3.55. The van der Waals surface area contributed by atoms with Gasteiger partial charge in [-0.3, -0.25) is 14.4 Å². The number of nitrogens with zero attached hydrogens (tertiary/aromatic N) is 2. The topological polar surface area (TPSA) is 69.7 Å². The van der Waals surface area contributed by atoms with E-state index in [1.54, 1.807) is 28.0 Å². The van der Waals surface area contributed by atoms with Crippen LogP contribution < -0.4 is 10.2 Å². The Hall–Kier alpha value is -2.57. The molecule has 4 rings (SSSR count). The summed E-state index contributed by atoms with van der Waals surface area (Å²) in [6.07, 6.45) is 1.36. The summed E-state index contributed by atoms with van der Waals surface area (Å²) in [4.78, 5) is 41.7. The van der Waals surface area contributed by atoms with E-state index in [1.165, 1.54) is 0 Å². The lowest BCUT2D eigenvalue weighted by molar-refractivity contribution is -0.138. The summed E-state index contributed by atoms with van der Waals surface area (Å²) < 4.78 is 0. The van der Waals surface area contributed by atoms with Crippen LogP contribution in [-0.4, -0.2) is 42.3 Å². The third-order valence-corrected chi connectivity index (χ3v) is 7.03. The number of piperidine rings is 1. The van der Waals surface area contributed by atoms with E-state index in [-0.39, 0.29) is 36.0 Å². The van der Waals surface area contributed by atoms with E-state index in [9.17, 15) is 14.4 Å². The van der Waals surface area contributed by atoms with E-state index in [1.807, 2.05) is 31.2 Å². The van der Waals surface area contributed by atoms with Gasteiger partial charge in [0, 0.05) is 37.7 Å². The predicted octanol–water partition coefficient (Wildman–Crippen LogP) is 4.53. The van der Waals surface area contributed by atoms with Crippen molar-refractivity contribution in [2.24, 2.45) is 11.8 Å². The largest absolute Gasteiger partial charge is 0.342 e. The first-order valence-corrected chi connectivity index (χ1v) is 11.5. The Morgan fingerprint density at radius 2 is 1.69 bits per heavy atom. The van der Waals surface area contributed by atoms with Crippen LogP contribution in [0.1, 0.15) is 24.8 Å². The zero-order chi connectivity index (χ0) is 22.8. The fourth-order valence-corrected chi connectivity index (χ4v) is 4.65. The molecular formula is C24H25Cl2N3O3. The van der Waals surface area contributed by atoms with Gasteiger partial charge in [0.25, 0.3) is 0 Å². The van der Waals surface area contributed by atoms with Crippen LogP contribution in [0.25, 0.3) is 0 Å². The van der Waals surface area contributed by atoms with E-state index in [0.717, 1.165) is 11.3 Å². The molecular weight excluding hydrogens is 449 g/mol. The Morgan fingerprint density at radius 1 is 1.00 bits per heavy atom. The van der Waals surface area contributed by atoms with Crippen molar-refractivity contribution in [3.05, 3.63) is 58.1 Å². The second-order valence-electron chi connectivity index (χ2n) is 8.43. The van der Waals surface area contributed by atoms with Crippen LogP contribution in [0, 0.1) is 18.8 Å². The molecule has 2 fully saturated rings. The predicted molar refractivity (Wildman–Crippen MR) is 126 cm³/mol. The van der Waals surface area contributed by atoms with Crippen molar-refractivity contribution in [1.29, 1.82) is 0 Å². The molecule has 2 aliphatic heterocycles. The number of hydrogen-bond donors (Lipinski definition) is 1. The fourth-order valence-electron chi connectivity index (χ4n) is 4.30. The first-order chi connectivity index (χ1) is 15.3. The Balaban J connectivity index is 1.31. The van der Waals surface area contributed by atoms with Gasteiger partial charge in [-0.2, -0.15) is 0 Å². The van der Waals surface area contributed by atoms with Crippen LogP contribution >= 0.6 is 23.2 Å². The first-order valence-electron chi connectivity index (χ1n) is 10.7. The molecule has 1 N–H and O–H groups in total. The zero-order valence-corrected chi connectivity index (χ0v) is 19.3. The van der Waals surface area contributed by atoms with Crippen molar-refractivity contribution in [1.82, 2.24) is 4.90 Å². The number of halogens is 2. The summed E-state index contributed by atoms with van der Waals surface area (Å²) in [6.45, 7) is 3.38. The second kappa shape index (κ2) is 9.51. The first kappa shape index (κ1) is 22.6. The van der Waals surface area contributed by atoms with Gasteiger partial charge in [0.1, 0.15) is 0 Å². The molecule has 6 nitrogen and oxygen atoms in total. The Morgan fingerprint density at radius 3 is 2.38 bits per heavy atom. The third kappa shape index (κ3) is 4.76. The maximum atomic E-state index is 13.0. The van der Waals surface area contributed by atoms with Crippen LogP contribution in [0.5, 0.6) is 0 Å². The lowest BCUT2D eigenvalue weighted by atomic mass is 9.94. The minimum absolute atomic E-state index is 0.00953. The molecule has 0 bridgehead atoms. The fraction of sp³-hybridized carbons (Fsp3) is 0.375. The average Bonchev–Trinajstić information content (AvgIpc) is 3.18. The second-order valence-corrected chi connectivity index (χ2v) is 9.22. The number of nitrogens with one attached hydrogen (secondary N) is 1. The number of amides is 3. The van der Waals surface area contributed by atoms with E-state index in [0.29, 0.717) is 48.2 Å². The highest BCUT2D eigenvalue weighted by atomic mass is 35.5. The summed E-state index contributed by atoms with van der Waals surface area (Å²) in [5.74, 6) is -0.713. The van der Waals surface area contributed by atoms with E-state index >= 15 is 0 Å². The molecule has 1 atom stereocenters. The molecule has 8 heteroatoms. The standard InChI is InChI=1S/C24H25Cl2N3O3/c1-15-5-7-18(8-6-15)29-14-17(13-21(29)30)24(32)28-11-9-16(10-12-28)23(31)27-20-4-2-3-19(25)22(20)26/h2-8,16-17H,9-14H2,1H3,(H,27,31). The normalized spacial score (nSPS) is 19.3. The van der Waals surface area contributed by atoms with Crippen molar-refractivity contribution in [2.75, 3.05) is 29.9 Å². The van der Waals surface area contributed by atoms with Crippen LogP contribution in [0.4, 0.5) is 11.4 Å². The van der Waals surface area contributed by atoms with Gasteiger partial charge in [-0.15, -0.1) is 0 Å². The molecule has 0 spiro atoms. The molecule has 3 amide bonds. The van der Waals surface area contributed by atoms with Gasteiger partial charge in [-0.05, 0) is 44.0 Å². The maximum Gasteiger partial charge on any atom is 0.228 e. The van der Waals surface area contributed by atoms with Gasteiger partial charge in [-0.1, -0.05) is 47.0 Å². The minimum Gasteiger partial charge on any atom is -0.342 e. The molecule has 0 aliphatic carbocycles. The lowest BCUT2D eigenvalue weighted by Gasteiger charge is -2.33. The Kier molecular flexibility index (Phi) is 6.72. The molecule has 2 aliphatic rings. The maximum absolute atomic E-state index is 13.0. The average molecular weight is 474 g/mol.